The summed E-state index contributed by atoms with van der Waals surface area (Å²) in [6, 6.07) is 5.37. The van der Waals surface area contributed by atoms with E-state index in [1.54, 1.807) is 13.0 Å². The van der Waals surface area contributed by atoms with E-state index in [4.69, 9.17) is 16.3 Å². The van der Waals surface area contributed by atoms with Crippen LogP contribution in [0.2, 0.25) is 5.02 Å². The Labute approximate surface area is 82.5 Å². The summed E-state index contributed by atoms with van der Waals surface area (Å²) >= 11 is 5.85. The number of halogens is 1. The highest BCUT2D eigenvalue weighted by molar-refractivity contribution is 6.32. The van der Waals surface area contributed by atoms with Crippen LogP contribution in [0.25, 0.3) is 0 Å². The fourth-order valence-corrected chi connectivity index (χ4v) is 1.19. The molecule has 0 aromatic heterocycles. The molecule has 2 nitrogen and oxygen atoms in total. The fourth-order valence-electron chi connectivity index (χ4n) is 0.932. The summed E-state index contributed by atoms with van der Waals surface area (Å²) in [4.78, 5) is 11.0. The van der Waals surface area contributed by atoms with Gasteiger partial charge in [0.1, 0.15) is 0 Å². The molecule has 0 heterocycles. The Morgan fingerprint density at radius 2 is 2.23 bits per heavy atom. The minimum atomic E-state index is -0.267. The molecule has 0 radical (unpaired) electrons. The Kier molecular flexibility index (Phi) is 3.32. The van der Waals surface area contributed by atoms with Crippen molar-refractivity contribution in [1.29, 1.82) is 0 Å². The molecule has 1 aromatic carbocycles. The fraction of sp³-hybridized carbons (Fsp3) is 0.300. The third kappa shape index (κ3) is 2.46. The first-order valence-electron chi connectivity index (χ1n) is 4.11. The maximum absolute atomic E-state index is 11.0. The summed E-state index contributed by atoms with van der Waals surface area (Å²) in [5, 5.41) is 0.474. The molecule has 0 saturated heterocycles. The van der Waals surface area contributed by atoms with Crippen LogP contribution in [0.1, 0.15) is 18.9 Å². The van der Waals surface area contributed by atoms with E-state index in [1.165, 1.54) is 0 Å². The minimum Gasteiger partial charge on any atom is -0.425 e. The minimum absolute atomic E-state index is 0.267. The molecule has 0 fully saturated rings. The molecule has 0 amide bonds. The molecule has 0 saturated carbocycles. The Bertz CT molecular complexity index is 300. The lowest BCUT2D eigenvalue weighted by atomic mass is 10.2. The Morgan fingerprint density at radius 3 is 2.77 bits per heavy atom. The van der Waals surface area contributed by atoms with Crippen molar-refractivity contribution in [2.75, 3.05) is 0 Å². The van der Waals surface area contributed by atoms with Crippen LogP contribution in [-0.2, 0) is 4.79 Å². The van der Waals surface area contributed by atoms with Gasteiger partial charge in [-0.05, 0) is 18.6 Å². The van der Waals surface area contributed by atoms with Crippen LogP contribution in [0, 0.1) is 6.92 Å². The molecule has 1 aromatic rings. The SMILES string of the molecule is CCC(=O)Oc1c(C)cccc1Cl. The van der Waals surface area contributed by atoms with E-state index in [0.29, 0.717) is 17.2 Å². The summed E-state index contributed by atoms with van der Waals surface area (Å²) in [7, 11) is 0. The van der Waals surface area contributed by atoms with Crippen molar-refractivity contribution >= 4 is 17.6 Å². The van der Waals surface area contributed by atoms with Crippen molar-refractivity contribution in [1.82, 2.24) is 0 Å². The molecule has 0 aliphatic carbocycles. The lowest BCUT2D eigenvalue weighted by Crippen LogP contribution is -2.06. The van der Waals surface area contributed by atoms with Crippen LogP contribution < -0.4 is 4.74 Å². The van der Waals surface area contributed by atoms with Crippen molar-refractivity contribution in [3.63, 3.8) is 0 Å². The van der Waals surface area contributed by atoms with Gasteiger partial charge < -0.3 is 4.74 Å². The second kappa shape index (κ2) is 4.28. The van der Waals surface area contributed by atoms with Crippen LogP contribution in [0.4, 0.5) is 0 Å². The van der Waals surface area contributed by atoms with Gasteiger partial charge in [0.25, 0.3) is 0 Å². The van der Waals surface area contributed by atoms with Crippen LogP contribution in [0.3, 0.4) is 0 Å². The second-order valence-corrected chi connectivity index (χ2v) is 3.12. The summed E-state index contributed by atoms with van der Waals surface area (Å²) in [6.45, 7) is 3.60. The van der Waals surface area contributed by atoms with Gasteiger partial charge in [-0.3, -0.25) is 4.79 Å². The van der Waals surface area contributed by atoms with Gasteiger partial charge in [-0.2, -0.15) is 0 Å². The molecule has 0 unspecified atom stereocenters. The molecule has 0 atom stereocenters. The van der Waals surface area contributed by atoms with E-state index >= 15 is 0 Å². The molecule has 0 spiro atoms. The standard InChI is InChI=1S/C10H11ClO2/c1-3-9(12)13-10-7(2)5-4-6-8(10)11/h4-6H,3H2,1-2H3. The summed E-state index contributed by atoms with van der Waals surface area (Å²) in [6.07, 6.45) is 0.352. The first kappa shape index (κ1) is 10.1. The maximum atomic E-state index is 11.0. The van der Waals surface area contributed by atoms with Gasteiger partial charge in [0.2, 0.25) is 0 Å². The number of hydrogen-bond acceptors (Lipinski definition) is 2. The number of aryl methyl sites for hydroxylation is 1. The summed E-state index contributed by atoms with van der Waals surface area (Å²) in [5.74, 6) is 0.201. The van der Waals surface area contributed by atoms with E-state index in [1.807, 2.05) is 19.1 Å². The lowest BCUT2D eigenvalue weighted by Gasteiger charge is -2.07. The van der Waals surface area contributed by atoms with E-state index in [-0.39, 0.29) is 5.97 Å². The highest BCUT2D eigenvalue weighted by atomic mass is 35.5. The maximum Gasteiger partial charge on any atom is 0.310 e. The quantitative estimate of drug-likeness (QED) is 0.540. The second-order valence-electron chi connectivity index (χ2n) is 2.71. The zero-order valence-corrected chi connectivity index (χ0v) is 8.39. The van der Waals surface area contributed by atoms with Crippen LogP contribution in [-0.4, -0.2) is 5.97 Å². The molecular weight excluding hydrogens is 188 g/mol. The van der Waals surface area contributed by atoms with Crippen molar-refractivity contribution in [2.24, 2.45) is 0 Å². The van der Waals surface area contributed by atoms with Gasteiger partial charge in [0, 0.05) is 6.42 Å². The first-order chi connectivity index (χ1) is 6.15. The zero-order chi connectivity index (χ0) is 9.84. The Hall–Kier alpha value is -1.02. The number of ether oxygens (including phenoxy) is 1. The van der Waals surface area contributed by atoms with Crippen molar-refractivity contribution in [2.45, 2.75) is 20.3 Å². The van der Waals surface area contributed by atoms with Gasteiger partial charge in [0.15, 0.2) is 5.75 Å². The largest absolute Gasteiger partial charge is 0.425 e. The van der Waals surface area contributed by atoms with Gasteiger partial charge in [0.05, 0.1) is 5.02 Å². The highest BCUT2D eigenvalue weighted by Gasteiger charge is 2.08. The number of esters is 1. The van der Waals surface area contributed by atoms with Gasteiger partial charge in [-0.15, -0.1) is 0 Å². The molecule has 0 aliphatic rings. The third-order valence-corrected chi connectivity index (χ3v) is 1.97. The first-order valence-corrected chi connectivity index (χ1v) is 4.48. The molecule has 0 aliphatic heterocycles. The Balaban J connectivity index is 2.93. The van der Waals surface area contributed by atoms with Crippen LogP contribution in [0.5, 0.6) is 5.75 Å². The molecule has 70 valence electrons. The zero-order valence-electron chi connectivity index (χ0n) is 7.63. The van der Waals surface area contributed by atoms with E-state index < -0.39 is 0 Å². The summed E-state index contributed by atoms with van der Waals surface area (Å²) in [5.41, 5.74) is 0.870. The number of carbonyl (C=O) groups is 1. The predicted octanol–water partition coefficient (Wildman–Crippen LogP) is 2.96. The lowest BCUT2D eigenvalue weighted by molar-refractivity contribution is -0.134. The third-order valence-electron chi connectivity index (χ3n) is 1.67. The van der Waals surface area contributed by atoms with E-state index in [0.717, 1.165) is 5.56 Å². The number of hydrogen-bond donors (Lipinski definition) is 0. The van der Waals surface area contributed by atoms with Crippen molar-refractivity contribution < 1.29 is 9.53 Å². The topological polar surface area (TPSA) is 26.3 Å². The normalized spacial score (nSPS) is 9.77. The molecule has 0 bridgehead atoms. The molecule has 0 N–H and O–H groups in total. The smallest absolute Gasteiger partial charge is 0.310 e. The molecule has 13 heavy (non-hydrogen) atoms. The number of benzene rings is 1. The van der Waals surface area contributed by atoms with Gasteiger partial charge in [-0.1, -0.05) is 30.7 Å². The average molecular weight is 199 g/mol. The Morgan fingerprint density at radius 1 is 1.54 bits per heavy atom. The number of para-hydroxylation sites is 1. The summed E-state index contributed by atoms with van der Waals surface area (Å²) < 4.78 is 5.05. The molecular formula is C10H11ClO2. The average Bonchev–Trinajstić information content (AvgIpc) is 2.11. The van der Waals surface area contributed by atoms with Gasteiger partial charge >= 0.3 is 5.97 Å². The number of carbonyl (C=O) groups excluding carboxylic acids is 1. The van der Waals surface area contributed by atoms with Crippen LogP contribution >= 0.6 is 11.6 Å². The molecule has 1 rings (SSSR count). The predicted molar refractivity (Wildman–Crippen MR) is 52.1 cm³/mol. The van der Waals surface area contributed by atoms with Gasteiger partial charge in [-0.25, -0.2) is 0 Å². The van der Waals surface area contributed by atoms with Crippen molar-refractivity contribution in [3.05, 3.63) is 28.8 Å². The monoisotopic (exact) mass is 198 g/mol. The van der Waals surface area contributed by atoms with E-state index in [9.17, 15) is 4.79 Å². The number of rotatable bonds is 2. The van der Waals surface area contributed by atoms with Crippen molar-refractivity contribution in [3.8, 4) is 5.75 Å². The highest BCUT2D eigenvalue weighted by Crippen LogP contribution is 2.27. The molecule has 3 heteroatoms. The van der Waals surface area contributed by atoms with Crippen LogP contribution in [0.15, 0.2) is 18.2 Å². The van der Waals surface area contributed by atoms with E-state index in [2.05, 4.69) is 0 Å².